The van der Waals surface area contributed by atoms with Crippen molar-refractivity contribution in [2.24, 2.45) is 0 Å². The predicted molar refractivity (Wildman–Crippen MR) is 100 cm³/mol. The number of hydrogen-bond donors (Lipinski definition) is 2. The second-order valence-corrected chi connectivity index (χ2v) is 5.82. The SMILES string of the molecule is COc1ccccc1C=CC(=O)NNC(=O)COc1ccc(Cl)cc1Cl. The number of halogens is 2. The quantitative estimate of drug-likeness (QED) is 0.582. The van der Waals surface area contributed by atoms with E-state index in [1.807, 2.05) is 12.1 Å². The molecule has 0 fully saturated rings. The molecule has 136 valence electrons. The van der Waals surface area contributed by atoms with Gasteiger partial charge in [-0.2, -0.15) is 0 Å². The Bertz CT molecular complexity index is 825. The molecular weight excluding hydrogens is 379 g/mol. The van der Waals surface area contributed by atoms with E-state index in [9.17, 15) is 9.59 Å². The molecule has 2 aromatic carbocycles. The molecule has 0 spiro atoms. The van der Waals surface area contributed by atoms with Crippen LogP contribution in [0, 0.1) is 0 Å². The van der Waals surface area contributed by atoms with Gasteiger partial charge < -0.3 is 9.47 Å². The molecule has 8 heteroatoms. The van der Waals surface area contributed by atoms with Gasteiger partial charge in [0.25, 0.3) is 11.8 Å². The fourth-order valence-electron chi connectivity index (χ4n) is 1.91. The second kappa shape index (κ2) is 9.70. The summed E-state index contributed by atoms with van der Waals surface area (Å²) < 4.78 is 10.4. The predicted octanol–water partition coefficient (Wildman–Crippen LogP) is 3.24. The minimum absolute atomic E-state index is 0.286. The van der Waals surface area contributed by atoms with Gasteiger partial charge >= 0.3 is 0 Å². The summed E-state index contributed by atoms with van der Waals surface area (Å²) in [7, 11) is 1.54. The third kappa shape index (κ3) is 5.98. The van der Waals surface area contributed by atoms with Crippen molar-refractivity contribution in [3.8, 4) is 11.5 Å². The van der Waals surface area contributed by atoms with Crippen LogP contribution >= 0.6 is 23.2 Å². The van der Waals surface area contributed by atoms with Crippen molar-refractivity contribution in [3.63, 3.8) is 0 Å². The molecule has 6 nitrogen and oxygen atoms in total. The average molecular weight is 395 g/mol. The first-order valence-electron chi connectivity index (χ1n) is 7.47. The standard InChI is InChI=1S/C18H16Cl2N2O4/c1-25-15-5-3-2-4-12(15)6-9-17(23)21-22-18(24)11-26-16-8-7-13(19)10-14(16)20/h2-10H,11H2,1H3,(H,21,23)(H,22,24). The molecule has 0 saturated heterocycles. The van der Waals surface area contributed by atoms with Gasteiger partial charge in [-0.25, -0.2) is 0 Å². The number of para-hydroxylation sites is 1. The van der Waals surface area contributed by atoms with Crippen molar-refractivity contribution in [2.75, 3.05) is 13.7 Å². The van der Waals surface area contributed by atoms with Crippen LogP contribution in [0.25, 0.3) is 6.08 Å². The smallest absolute Gasteiger partial charge is 0.276 e. The zero-order valence-corrected chi connectivity index (χ0v) is 15.3. The highest BCUT2D eigenvalue weighted by atomic mass is 35.5. The first-order chi connectivity index (χ1) is 12.5. The van der Waals surface area contributed by atoms with Gasteiger partial charge in [-0.1, -0.05) is 41.4 Å². The summed E-state index contributed by atoms with van der Waals surface area (Å²) in [6.07, 6.45) is 2.85. The van der Waals surface area contributed by atoms with Crippen LogP contribution < -0.4 is 20.3 Å². The van der Waals surface area contributed by atoms with Crippen LogP contribution in [0.1, 0.15) is 5.56 Å². The fourth-order valence-corrected chi connectivity index (χ4v) is 2.38. The van der Waals surface area contributed by atoms with E-state index in [-0.39, 0.29) is 11.6 Å². The Morgan fingerprint density at radius 1 is 1.08 bits per heavy atom. The van der Waals surface area contributed by atoms with Crippen LogP contribution in [0.15, 0.2) is 48.5 Å². The van der Waals surface area contributed by atoms with Crippen LogP contribution in [-0.2, 0) is 9.59 Å². The van der Waals surface area contributed by atoms with Crippen molar-refractivity contribution in [1.82, 2.24) is 10.9 Å². The summed E-state index contributed by atoms with van der Waals surface area (Å²) in [6, 6.07) is 11.9. The summed E-state index contributed by atoms with van der Waals surface area (Å²) in [6.45, 7) is -0.322. The minimum atomic E-state index is -0.546. The number of hydrogen-bond acceptors (Lipinski definition) is 4. The van der Waals surface area contributed by atoms with Crippen molar-refractivity contribution in [2.45, 2.75) is 0 Å². The fraction of sp³-hybridized carbons (Fsp3) is 0.111. The van der Waals surface area contributed by atoms with Crippen LogP contribution in [0.5, 0.6) is 11.5 Å². The second-order valence-electron chi connectivity index (χ2n) is 4.98. The summed E-state index contributed by atoms with van der Waals surface area (Å²) in [4.78, 5) is 23.5. The average Bonchev–Trinajstić information content (AvgIpc) is 2.64. The molecule has 0 radical (unpaired) electrons. The number of nitrogens with one attached hydrogen (secondary N) is 2. The van der Waals surface area contributed by atoms with E-state index in [2.05, 4.69) is 10.9 Å². The van der Waals surface area contributed by atoms with Gasteiger partial charge in [0.15, 0.2) is 6.61 Å². The highest BCUT2D eigenvalue weighted by Gasteiger charge is 2.07. The molecule has 2 aromatic rings. The van der Waals surface area contributed by atoms with Gasteiger partial charge in [-0.05, 0) is 30.3 Å². The zero-order chi connectivity index (χ0) is 18.9. The van der Waals surface area contributed by atoms with Crippen LogP contribution in [0.2, 0.25) is 10.0 Å². The molecule has 2 N–H and O–H groups in total. The minimum Gasteiger partial charge on any atom is -0.496 e. The topological polar surface area (TPSA) is 76.7 Å². The summed E-state index contributed by atoms with van der Waals surface area (Å²) in [5.41, 5.74) is 5.22. The third-order valence-electron chi connectivity index (χ3n) is 3.13. The van der Waals surface area contributed by atoms with Gasteiger partial charge in [0.05, 0.1) is 12.1 Å². The molecule has 0 aliphatic carbocycles. The molecule has 0 saturated carbocycles. The van der Waals surface area contributed by atoms with Gasteiger partial charge in [0.1, 0.15) is 11.5 Å². The first-order valence-corrected chi connectivity index (χ1v) is 8.23. The molecule has 0 bridgehead atoms. The Morgan fingerprint density at radius 2 is 1.85 bits per heavy atom. The maximum absolute atomic E-state index is 11.8. The molecule has 0 aromatic heterocycles. The number of carbonyl (C=O) groups excluding carboxylic acids is 2. The molecule has 2 rings (SSSR count). The van der Waals surface area contributed by atoms with Gasteiger partial charge in [-0.15, -0.1) is 0 Å². The lowest BCUT2D eigenvalue weighted by molar-refractivity contribution is -0.128. The van der Waals surface area contributed by atoms with Gasteiger partial charge in [0.2, 0.25) is 0 Å². The molecule has 0 atom stereocenters. The number of benzene rings is 2. The Balaban J connectivity index is 1.79. The first kappa shape index (κ1) is 19.6. The third-order valence-corrected chi connectivity index (χ3v) is 3.66. The maximum Gasteiger partial charge on any atom is 0.276 e. The molecule has 2 amide bonds. The van der Waals surface area contributed by atoms with E-state index >= 15 is 0 Å². The zero-order valence-electron chi connectivity index (χ0n) is 13.8. The molecular formula is C18H16Cl2N2O4. The number of hydrazine groups is 1. The van der Waals surface area contributed by atoms with E-state index in [0.717, 1.165) is 5.56 Å². The van der Waals surface area contributed by atoms with E-state index < -0.39 is 11.8 Å². The molecule has 0 unspecified atom stereocenters. The maximum atomic E-state index is 11.8. The van der Waals surface area contributed by atoms with Crippen molar-refractivity contribution in [3.05, 3.63) is 64.1 Å². The molecule has 0 aliphatic heterocycles. The van der Waals surface area contributed by atoms with E-state index in [1.165, 1.54) is 12.1 Å². The van der Waals surface area contributed by atoms with Crippen LogP contribution in [0.4, 0.5) is 0 Å². The van der Waals surface area contributed by atoms with Crippen molar-refractivity contribution >= 4 is 41.1 Å². The lowest BCUT2D eigenvalue weighted by atomic mass is 10.2. The van der Waals surface area contributed by atoms with Gasteiger partial charge in [0, 0.05) is 16.7 Å². The molecule has 26 heavy (non-hydrogen) atoms. The number of methoxy groups -OCH3 is 1. The highest BCUT2D eigenvalue weighted by Crippen LogP contribution is 2.27. The number of ether oxygens (including phenoxy) is 2. The van der Waals surface area contributed by atoms with Crippen molar-refractivity contribution < 1.29 is 19.1 Å². The number of amides is 2. The Kier molecular flexibility index (Phi) is 7.32. The normalized spacial score (nSPS) is 10.4. The summed E-state index contributed by atoms with van der Waals surface area (Å²) in [5.74, 6) is -0.105. The Morgan fingerprint density at radius 3 is 2.58 bits per heavy atom. The Labute approximate surface area is 160 Å². The molecule has 0 heterocycles. The largest absolute Gasteiger partial charge is 0.496 e. The lowest BCUT2D eigenvalue weighted by Crippen LogP contribution is -2.43. The van der Waals surface area contributed by atoms with E-state index in [1.54, 1.807) is 37.5 Å². The van der Waals surface area contributed by atoms with Crippen LogP contribution in [0.3, 0.4) is 0 Å². The Hall–Kier alpha value is -2.70. The monoisotopic (exact) mass is 394 g/mol. The van der Waals surface area contributed by atoms with Crippen LogP contribution in [-0.4, -0.2) is 25.5 Å². The van der Waals surface area contributed by atoms with Crippen molar-refractivity contribution in [1.29, 1.82) is 0 Å². The highest BCUT2D eigenvalue weighted by molar-refractivity contribution is 6.35. The number of carbonyl (C=O) groups is 2. The van der Waals surface area contributed by atoms with Gasteiger partial charge in [-0.3, -0.25) is 20.4 Å². The van der Waals surface area contributed by atoms with E-state index in [0.29, 0.717) is 16.5 Å². The summed E-state index contributed by atoms with van der Waals surface area (Å²) in [5, 5.41) is 0.745. The number of rotatable bonds is 6. The van der Waals surface area contributed by atoms with E-state index in [4.69, 9.17) is 32.7 Å². The summed E-state index contributed by atoms with van der Waals surface area (Å²) >= 11 is 11.7. The lowest BCUT2D eigenvalue weighted by Gasteiger charge is -2.09. The molecule has 0 aliphatic rings.